The van der Waals surface area contributed by atoms with Gasteiger partial charge in [0.15, 0.2) is 6.23 Å². The van der Waals surface area contributed by atoms with Crippen LogP contribution in [0.25, 0.3) is 6.08 Å². The number of hydrogen-bond acceptors (Lipinski definition) is 4. The Morgan fingerprint density at radius 1 is 1.32 bits per heavy atom. The molecule has 0 amide bonds. The van der Waals surface area contributed by atoms with Gasteiger partial charge >= 0.3 is 5.69 Å². The Bertz CT molecular complexity index is 752. The van der Waals surface area contributed by atoms with Crippen LogP contribution in [0, 0.1) is 5.82 Å². The lowest BCUT2D eigenvalue weighted by molar-refractivity contribution is 0.0125. The Balaban J connectivity index is 2.34. The third-order valence-corrected chi connectivity index (χ3v) is 2.83. The molecule has 2 N–H and O–H groups in total. The Hall–Kier alpha value is -2.51. The number of halogens is 1. The zero-order chi connectivity index (χ0) is 15.9. The summed E-state index contributed by atoms with van der Waals surface area (Å²) < 4.78 is 19.6. The largest absolute Gasteiger partial charge is 0.394 e. The number of rotatable bonds is 6. The van der Waals surface area contributed by atoms with Gasteiger partial charge in [0.05, 0.1) is 19.4 Å². The minimum atomic E-state index is -1.09. The van der Waals surface area contributed by atoms with Gasteiger partial charge in [0.1, 0.15) is 0 Å². The number of benzene rings is 1. The highest BCUT2D eigenvalue weighted by molar-refractivity contribution is 5.48. The second kappa shape index (κ2) is 7.48. The zero-order valence-electron chi connectivity index (χ0n) is 11.6. The fraction of sp³-hybridized carbons (Fsp3) is 0.200. The molecule has 0 aliphatic rings. The quantitative estimate of drug-likeness (QED) is 0.830. The maximum absolute atomic E-state index is 13.4. The second-order valence-electron chi connectivity index (χ2n) is 4.40. The molecule has 0 saturated carbocycles. The van der Waals surface area contributed by atoms with Crippen LogP contribution < -0.4 is 11.2 Å². The summed E-state index contributed by atoms with van der Waals surface area (Å²) in [6, 6.07) is 9.23. The summed E-state index contributed by atoms with van der Waals surface area (Å²) in [7, 11) is 0. The summed E-state index contributed by atoms with van der Waals surface area (Å²) in [6.07, 6.45) is 3.05. The lowest BCUT2D eigenvalue weighted by Crippen LogP contribution is -2.34. The monoisotopic (exact) mass is 306 g/mol. The van der Waals surface area contributed by atoms with Crippen molar-refractivity contribution in [2.24, 2.45) is 0 Å². The van der Waals surface area contributed by atoms with Crippen molar-refractivity contribution in [3.63, 3.8) is 0 Å². The van der Waals surface area contributed by atoms with Crippen molar-refractivity contribution in [1.82, 2.24) is 9.55 Å². The average Bonchev–Trinajstić information content (AvgIpc) is 2.52. The first-order valence-corrected chi connectivity index (χ1v) is 6.58. The summed E-state index contributed by atoms with van der Waals surface area (Å²) in [6.45, 7) is -0.298. The van der Waals surface area contributed by atoms with Crippen LogP contribution in [0.4, 0.5) is 4.39 Å². The maximum atomic E-state index is 13.4. The molecule has 0 aliphatic heterocycles. The molecule has 0 radical (unpaired) electrons. The van der Waals surface area contributed by atoms with Gasteiger partial charge in [-0.15, -0.1) is 0 Å². The van der Waals surface area contributed by atoms with Crippen molar-refractivity contribution < 1.29 is 14.2 Å². The van der Waals surface area contributed by atoms with Crippen LogP contribution in [0.1, 0.15) is 11.8 Å². The molecule has 0 saturated heterocycles. The van der Waals surface area contributed by atoms with Gasteiger partial charge in [-0.2, -0.15) is 4.39 Å². The molecular weight excluding hydrogens is 291 g/mol. The van der Waals surface area contributed by atoms with Crippen LogP contribution in [0.15, 0.2) is 52.2 Å². The number of aliphatic hydroxyl groups excluding tert-OH is 1. The molecule has 0 bridgehead atoms. The van der Waals surface area contributed by atoms with Gasteiger partial charge in [0.2, 0.25) is 5.82 Å². The van der Waals surface area contributed by atoms with Crippen LogP contribution in [-0.4, -0.2) is 27.9 Å². The van der Waals surface area contributed by atoms with E-state index < -0.39 is 23.3 Å². The van der Waals surface area contributed by atoms with E-state index in [1.54, 1.807) is 6.08 Å². The molecule has 0 spiro atoms. The van der Waals surface area contributed by atoms with E-state index in [0.29, 0.717) is 0 Å². The summed E-state index contributed by atoms with van der Waals surface area (Å²) in [5.41, 5.74) is -1.03. The van der Waals surface area contributed by atoms with E-state index in [1.807, 2.05) is 35.3 Å². The number of nitrogens with zero attached hydrogens (tertiary/aromatic N) is 1. The van der Waals surface area contributed by atoms with Crippen molar-refractivity contribution in [3.8, 4) is 0 Å². The first kappa shape index (κ1) is 15.9. The Morgan fingerprint density at radius 2 is 2.05 bits per heavy atom. The fourth-order valence-electron chi connectivity index (χ4n) is 1.81. The minimum absolute atomic E-state index is 0.0447. The van der Waals surface area contributed by atoms with Gasteiger partial charge < -0.3 is 9.84 Å². The molecule has 22 heavy (non-hydrogen) atoms. The molecule has 0 fully saturated rings. The average molecular weight is 306 g/mol. The Labute approximate surface area is 125 Å². The first-order chi connectivity index (χ1) is 10.6. The number of H-pyrrole nitrogens is 1. The third kappa shape index (κ3) is 4.00. The van der Waals surface area contributed by atoms with Crippen LogP contribution in [0.2, 0.25) is 0 Å². The summed E-state index contributed by atoms with van der Waals surface area (Å²) in [5, 5.41) is 8.85. The molecule has 1 heterocycles. The van der Waals surface area contributed by atoms with Gasteiger partial charge in [-0.25, -0.2) is 4.79 Å². The van der Waals surface area contributed by atoms with Crippen molar-refractivity contribution in [1.29, 1.82) is 0 Å². The van der Waals surface area contributed by atoms with Gasteiger partial charge in [-0.05, 0) is 11.6 Å². The van der Waals surface area contributed by atoms with Crippen LogP contribution in [0.5, 0.6) is 0 Å². The van der Waals surface area contributed by atoms with E-state index in [4.69, 9.17) is 9.84 Å². The molecule has 1 atom stereocenters. The lowest BCUT2D eigenvalue weighted by atomic mass is 10.2. The van der Waals surface area contributed by atoms with E-state index in [9.17, 15) is 14.0 Å². The predicted octanol–water partition coefficient (Wildman–Crippen LogP) is 0.897. The molecule has 1 unspecified atom stereocenters. The number of aromatic amines is 1. The van der Waals surface area contributed by atoms with Crippen molar-refractivity contribution in [2.75, 3.05) is 13.2 Å². The predicted molar refractivity (Wildman–Crippen MR) is 78.8 cm³/mol. The number of ether oxygens (including phenoxy) is 1. The highest BCUT2D eigenvalue weighted by Gasteiger charge is 2.12. The summed E-state index contributed by atoms with van der Waals surface area (Å²) >= 11 is 0. The maximum Gasteiger partial charge on any atom is 0.330 e. The highest BCUT2D eigenvalue weighted by atomic mass is 19.1. The number of aliphatic hydroxyl groups is 1. The molecule has 1 aromatic heterocycles. The van der Waals surface area contributed by atoms with E-state index in [0.717, 1.165) is 16.3 Å². The lowest BCUT2D eigenvalue weighted by Gasteiger charge is -2.16. The molecule has 116 valence electrons. The van der Waals surface area contributed by atoms with Gasteiger partial charge in [-0.1, -0.05) is 36.4 Å². The second-order valence-corrected chi connectivity index (χ2v) is 4.40. The zero-order valence-corrected chi connectivity index (χ0v) is 11.6. The third-order valence-electron chi connectivity index (χ3n) is 2.83. The normalized spacial score (nSPS) is 12.6. The van der Waals surface area contributed by atoms with Gasteiger partial charge in [0.25, 0.3) is 5.56 Å². The fourth-order valence-corrected chi connectivity index (χ4v) is 1.81. The molecular formula is C15H15FN2O4. The molecule has 6 nitrogen and oxygen atoms in total. The van der Waals surface area contributed by atoms with Crippen LogP contribution >= 0.6 is 0 Å². The standard InChI is InChI=1S/C15H15FN2O4/c16-12-10-18(15(21)17-14(12)20)13(22-9-8-19)7-6-11-4-2-1-3-5-11/h1-7,10,13,19H,8-9H2,(H,17,20,21)/b7-6+. The highest BCUT2D eigenvalue weighted by Crippen LogP contribution is 2.11. The van der Waals surface area contributed by atoms with E-state index in [1.165, 1.54) is 6.08 Å². The topological polar surface area (TPSA) is 84.3 Å². The molecule has 1 aromatic carbocycles. The SMILES string of the molecule is O=c1[nH]c(=O)n(C(/C=C/c2ccccc2)OCCO)cc1F. The minimum Gasteiger partial charge on any atom is -0.394 e. The van der Waals surface area contributed by atoms with Crippen LogP contribution in [0.3, 0.4) is 0 Å². The van der Waals surface area contributed by atoms with Gasteiger partial charge in [0, 0.05) is 0 Å². The van der Waals surface area contributed by atoms with Crippen LogP contribution in [-0.2, 0) is 4.74 Å². The van der Waals surface area contributed by atoms with E-state index >= 15 is 0 Å². The van der Waals surface area contributed by atoms with E-state index in [2.05, 4.69) is 0 Å². The Kier molecular flexibility index (Phi) is 5.40. The smallest absolute Gasteiger partial charge is 0.330 e. The number of nitrogens with one attached hydrogen (secondary N) is 1. The summed E-state index contributed by atoms with van der Waals surface area (Å²) in [5.74, 6) is -1.09. The van der Waals surface area contributed by atoms with Crippen molar-refractivity contribution >= 4 is 6.08 Å². The molecule has 7 heteroatoms. The van der Waals surface area contributed by atoms with E-state index in [-0.39, 0.29) is 13.2 Å². The first-order valence-electron chi connectivity index (χ1n) is 6.58. The van der Waals surface area contributed by atoms with Crippen molar-refractivity contribution in [2.45, 2.75) is 6.23 Å². The molecule has 0 aliphatic carbocycles. The van der Waals surface area contributed by atoms with Gasteiger partial charge in [-0.3, -0.25) is 14.3 Å². The number of hydrogen-bond donors (Lipinski definition) is 2. The number of aromatic nitrogens is 2. The molecule has 2 aromatic rings. The Morgan fingerprint density at radius 3 is 2.73 bits per heavy atom. The molecule has 2 rings (SSSR count). The summed E-state index contributed by atoms with van der Waals surface area (Å²) in [4.78, 5) is 24.7. The van der Waals surface area contributed by atoms with Crippen molar-refractivity contribution in [3.05, 3.63) is 74.8 Å².